The molecular weight excluding hydrogens is 430 g/mol. The third kappa shape index (κ3) is 4.23. The van der Waals surface area contributed by atoms with E-state index in [0.29, 0.717) is 24.7 Å². The van der Waals surface area contributed by atoms with Crippen LogP contribution >= 0.6 is 0 Å². The third-order valence-corrected chi connectivity index (χ3v) is 7.71. The van der Waals surface area contributed by atoms with E-state index in [0.717, 1.165) is 51.0 Å². The van der Waals surface area contributed by atoms with Crippen LogP contribution in [-0.2, 0) is 6.42 Å². The molecule has 1 aromatic heterocycles. The summed E-state index contributed by atoms with van der Waals surface area (Å²) in [5.41, 5.74) is 8.29. The van der Waals surface area contributed by atoms with Gasteiger partial charge in [0, 0.05) is 49.5 Å². The molecule has 4 N–H and O–H groups in total. The van der Waals surface area contributed by atoms with Gasteiger partial charge in [-0.3, -0.25) is 14.8 Å². The number of piperazine rings is 1. The van der Waals surface area contributed by atoms with Crippen LogP contribution in [0, 0.1) is 0 Å². The number of nitrogens with two attached hydrogens (primary N) is 1. The van der Waals surface area contributed by atoms with Crippen molar-refractivity contribution in [3.05, 3.63) is 52.6 Å². The molecule has 2 amide bonds. The highest BCUT2D eigenvalue weighted by Crippen LogP contribution is 2.62. The number of anilines is 1. The molecule has 2 aromatic rings. The van der Waals surface area contributed by atoms with Crippen LogP contribution in [0.25, 0.3) is 5.69 Å². The van der Waals surface area contributed by atoms with Crippen LogP contribution in [-0.4, -0.2) is 75.2 Å². The van der Waals surface area contributed by atoms with Crippen molar-refractivity contribution in [3.8, 4) is 5.69 Å². The van der Waals surface area contributed by atoms with Crippen LogP contribution in [0.2, 0.25) is 0 Å². The Morgan fingerprint density at radius 1 is 1.21 bits per heavy atom. The predicted molar refractivity (Wildman–Crippen MR) is 132 cm³/mol. The Hall–Kier alpha value is -2.75. The lowest BCUT2D eigenvalue weighted by Crippen LogP contribution is -2.83. The van der Waals surface area contributed by atoms with Gasteiger partial charge in [0.15, 0.2) is 0 Å². The van der Waals surface area contributed by atoms with E-state index in [1.54, 1.807) is 17.2 Å². The molecule has 1 unspecified atom stereocenters. The summed E-state index contributed by atoms with van der Waals surface area (Å²) in [6.07, 6.45) is 5.98. The molecule has 182 valence electrons. The SMILES string of the molecule is CCN(C(C)Cc1ccc(-n2ccc(NC(=O)N3CCNCC3)nc2=O)cc1)C12CC(N)(C1)C2. The molecule has 1 saturated heterocycles. The number of urea groups is 1. The van der Waals surface area contributed by atoms with Crippen LogP contribution in [0.4, 0.5) is 10.6 Å². The second-order valence-electron chi connectivity index (χ2n) is 10.3. The van der Waals surface area contributed by atoms with E-state index in [2.05, 4.69) is 46.5 Å². The number of hydrogen-bond donors (Lipinski definition) is 3. The van der Waals surface area contributed by atoms with E-state index < -0.39 is 5.69 Å². The largest absolute Gasteiger partial charge is 0.354 e. The van der Waals surface area contributed by atoms with E-state index in [1.807, 2.05) is 12.1 Å². The van der Waals surface area contributed by atoms with Crippen molar-refractivity contribution in [2.75, 3.05) is 38.0 Å². The van der Waals surface area contributed by atoms with Crippen molar-refractivity contribution < 1.29 is 4.79 Å². The molecule has 4 aliphatic rings. The van der Waals surface area contributed by atoms with E-state index in [1.165, 1.54) is 10.1 Å². The first kappa shape index (κ1) is 23.0. The Kier molecular flexibility index (Phi) is 5.95. The molecule has 4 fully saturated rings. The molecule has 1 atom stereocenters. The molecule has 9 heteroatoms. The van der Waals surface area contributed by atoms with Crippen molar-refractivity contribution >= 4 is 11.8 Å². The minimum absolute atomic E-state index is 0.111. The van der Waals surface area contributed by atoms with Crippen molar-refractivity contribution in [2.24, 2.45) is 5.73 Å². The number of amides is 2. The van der Waals surface area contributed by atoms with E-state index in [9.17, 15) is 9.59 Å². The van der Waals surface area contributed by atoms with E-state index >= 15 is 0 Å². The van der Waals surface area contributed by atoms with Crippen molar-refractivity contribution in [3.63, 3.8) is 0 Å². The number of aromatic nitrogens is 2. The summed E-state index contributed by atoms with van der Waals surface area (Å²) in [5.74, 6) is 0.266. The van der Waals surface area contributed by atoms with E-state index in [4.69, 9.17) is 5.73 Å². The first-order chi connectivity index (χ1) is 16.3. The lowest BCUT2D eigenvalue weighted by Gasteiger charge is -2.73. The lowest BCUT2D eigenvalue weighted by atomic mass is 9.43. The fourth-order valence-electron chi connectivity index (χ4n) is 6.20. The van der Waals surface area contributed by atoms with Gasteiger partial charge in [-0.2, -0.15) is 4.98 Å². The number of carbonyl (C=O) groups excluding carboxylic acids is 1. The molecule has 2 bridgehead atoms. The number of rotatable bonds is 7. The van der Waals surface area contributed by atoms with Gasteiger partial charge in [0.2, 0.25) is 0 Å². The Morgan fingerprint density at radius 3 is 2.47 bits per heavy atom. The van der Waals surface area contributed by atoms with Gasteiger partial charge in [0.1, 0.15) is 5.82 Å². The van der Waals surface area contributed by atoms with Crippen molar-refractivity contribution in [2.45, 2.75) is 56.7 Å². The van der Waals surface area contributed by atoms with Crippen LogP contribution in [0.5, 0.6) is 0 Å². The molecule has 6 rings (SSSR count). The molecule has 1 aromatic carbocycles. The Bertz CT molecular complexity index is 1090. The van der Waals surface area contributed by atoms with Gasteiger partial charge in [0.25, 0.3) is 0 Å². The third-order valence-electron chi connectivity index (χ3n) is 7.71. The minimum Gasteiger partial charge on any atom is -0.325 e. The highest BCUT2D eigenvalue weighted by atomic mass is 16.2. The Morgan fingerprint density at radius 2 is 1.88 bits per heavy atom. The number of nitrogens with zero attached hydrogens (tertiary/aromatic N) is 4. The predicted octanol–water partition coefficient (Wildman–Crippen LogP) is 1.56. The maximum absolute atomic E-state index is 12.6. The summed E-state index contributed by atoms with van der Waals surface area (Å²) in [6.45, 7) is 8.37. The van der Waals surface area contributed by atoms with Crippen LogP contribution in [0.1, 0.15) is 38.7 Å². The zero-order valence-electron chi connectivity index (χ0n) is 20.1. The zero-order chi connectivity index (χ0) is 23.9. The van der Waals surface area contributed by atoms with Gasteiger partial charge in [-0.25, -0.2) is 9.59 Å². The molecule has 0 radical (unpaired) electrons. The van der Waals surface area contributed by atoms with Crippen molar-refractivity contribution in [1.29, 1.82) is 0 Å². The molecule has 3 aliphatic carbocycles. The fraction of sp³-hybridized carbons (Fsp3) is 0.560. The topological polar surface area (TPSA) is 109 Å². The molecule has 2 heterocycles. The van der Waals surface area contributed by atoms with Crippen LogP contribution < -0.4 is 22.1 Å². The second-order valence-corrected chi connectivity index (χ2v) is 10.3. The summed E-state index contributed by atoms with van der Waals surface area (Å²) in [7, 11) is 0. The number of carbonyl (C=O) groups is 1. The fourth-order valence-corrected chi connectivity index (χ4v) is 6.20. The smallest absolute Gasteiger partial charge is 0.325 e. The monoisotopic (exact) mass is 465 g/mol. The maximum Gasteiger partial charge on any atom is 0.354 e. The molecule has 9 nitrogen and oxygen atoms in total. The first-order valence-electron chi connectivity index (χ1n) is 12.3. The van der Waals surface area contributed by atoms with Gasteiger partial charge in [-0.1, -0.05) is 19.1 Å². The summed E-state index contributed by atoms with van der Waals surface area (Å²) in [5, 5.41) is 5.94. The van der Waals surface area contributed by atoms with Gasteiger partial charge < -0.3 is 16.0 Å². The quantitative estimate of drug-likeness (QED) is 0.573. The zero-order valence-corrected chi connectivity index (χ0v) is 20.1. The normalized spacial score (nSPS) is 26.5. The van der Waals surface area contributed by atoms with E-state index in [-0.39, 0.29) is 17.4 Å². The highest BCUT2D eigenvalue weighted by molar-refractivity contribution is 5.88. The molecule has 0 spiro atoms. The maximum atomic E-state index is 12.6. The lowest BCUT2D eigenvalue weighted by molar-refractivity contribution is -0.172. The molecule has 34 heavy (non-hydrogen) atoms. The Labute approximate surface area is 200 Å². The molecule has 3 saturated carbocycles. The standard InChI is InChI=1S/C25H35N7O2/c1-3-32(25-15-24(26,16-25)17-25)18(2)14-19-4-6-20(7-5-19)31-11-8-21(29-23(31)34)28-22(33)30-12-9-27-10-13-30/h4-8,11,18,27H,3,9-10,12-17,26H2,1-2H3,(H,28,29,33,34). The number of nitrogens with one attached hydrogen (secondary N) is 2. The summed E-state index contributed by atoms with van der Waals surface area (Å²) in [4.78, 5) is 33.4. The van der Waals surface area contributed by atoms with Gasteiger partial charge in [-0.15, -0.1) is 0 Å². The first-order valence-corrected chi connectivity index (χ1v) is 12.3. The number of likely N-dealkylation sites (N-methyl/N-ethyl adjacent to an activating group) is 1. The van der Waals surface area contributed by atoms with Crippen molar-refractivity contribution in [1.82, 2.24) is 24.7 Å². The summed E-state index contributed by atoms with van der Waals surface area (Å²) >= 11 is 0. The molecule has 1 aliphatic heterocycles. The summed E-state index contributed by atoms with van der Waals surface area (Å²) in [6, 6.07) is 9.93. The average molecular weight is 466 g/mol. The molecular formula is C25H35N7O2. The van der Waals surface area contributed by atoms with Crippen LogP contribution in [0.15, 0.2) is 41.3 Å². The summed E-state index contributed by atoms with van der Waals surface area (Å²) < 4.78 is 1.49. The van der Waals surface area contributed by atoms with Gasteiger partial charge in [0.05, 0.1) is 5.69 Å². The minimum atomic E-state index is -0.421. The number of hydrogen-bond acceptors (Lipinski definition) is 6. The van der Waals surface area contributed by atoms with Gasteiger partial charge >= 0.3 is 11.7 Å². The van der Waals surface area contributed by atoms with Gasteiger partial charge in [-0.05, 0) is 62.9 Å². The highest BCUT2D eigenvalue weighted by Gasteiger charge is 2.68. The average Bonchev–Trinajstić information content (AvgIpc) is 2.79. The van der Waals surface area contributed by atoms with Crippen LogP contribution in [0.3, 0.4) is 0 Å². The number of benzene rings is 1. The Balaban J connectivity index is 1.21. The second kappa shape index (κ2) is 8.79.